The van der Waals surface area contributed by atoms with E-state index in [0.29, 0.717) is 5.96 Å². The van der Waals surface area contributed by atoms with E-state index in [4.69, 9.17) is 10.7 Å². The van der Waals surface area contributed by atoms with Crippen molar-refractivity contribution in [2.45, 2.75) is 18.3 Å². The maximum absolute atomic E-state index is 6.27. The Morgan fingerprint density at radius 3 is 2.54 bits per heavy atom. The molecule has 2 aromatic rings. The minimum atomic E-state index is 0.231. The van der Waals surface area contributed by atoms with Gasteiger partial charge in [-0.1, -0.05) is 30.3 Å². The number of guanidine groups is 1. The molecule has 5 nitrogen and oxygen atoms in total. The Morgan fingerprint density at radius 1 is 1.17 bits per heavy atom. The van der Waals surface area contributed by atoms with E-state index in [-0.39, 0.29) is 5.41 Å². The van der Waals surface area contributed by atoms with Crippen molar-refractivity contribution in [3.05, 3.63) is 47.5 Å². The first-order valence-electron chi connectivity index (χ1n) is 8.52. The molecule has 1 saturated carbocycles. The zero-order valence-corrected chi connectivity index (χ0v) is 14.6. The summed E-state index contributed by atoms with van der Waals surface area (Å²) in [6, 6.07) is 10.7. The van der Waals surface area contributed by atoms with Crippen LogP contribution in [0.4, 0.5) is 5.13 Å². The van der Waals surface area contributed by atoms with Gasteiger partial charge in [0.05, 0.1) is 6.54 Å². The lowest BCUT2D eigenvalue weighted by molar-refractivity contribution is 0.380. The molecule has 0 unspecified atom stereocenters. The van der Waals surface area contributed by atoms with Gasteiger partial charge in [-0.15, -0.1) is 11.3 Å². The van der Waals surface area contributed by atoms with Gasteiger partial charge in [-0.25, -0.2) is 4.98 Å². The van der Waals surface area contributed by atoms with Crippen molar-refractivity contribution in [3.63, 3.8) is 0 Å². The third kappa shape index (κ3) is 3.11. The molecule has 1 aromatic heterocycles. The lowest BCUT2D eigenvalue weighted by atomic mass is 9.96. The molecule has 1 aromatic carbocycles. The number of hydrogen-bond acceptors (Lipinski definition) is 4. The van der Waals surface area contributed by atoms with Crippen LogP contribution in [0.2, 0.25) is 0 Å². The van der Waals surface area contributed by atoms with Crippen molar-refractivity contribution >= 4 is 22.4 Å². The highest BCUT2D eigenvalue weighted by Gasteiger charge is 2.44. The van der Waals surface area contributed by atoms with Crippen LogP contribution in [0.3, 0.4) is 0 Å². The summed E-state index contributed by atoms with van der Waals surface area (Å²) in [6.07, 6.45) is 4.29. The van der Waals surface area contributed by atoms with Crippen molar-refractivity contribution in [3.8, 4) is 0 Å². The topological polar surface area (TPSA) is 57.8 Å². The highest BCUT2D eigenvalue weighted by atomic mass is 32.1. The zero-order chi connectivity index (χ0) is 16.4. The predicted octanol–water partition coefficient (Wildman–Crippen LogP) is 2.31. The Labute approximate surface area is 146 Å². The highest BCUT2D eigenvalue weighted by Crippen LogP contribution is 2.48. The molecule has 0 radical (unpaired) electrons. The Hall–Kier alpha value is -2.08. The molecule has 2 heterocycles. The predicted molar refractivity (Wildman–Crippen MR) is 99.7 cm³/mol. The molecule has 2 N–H and O–H groups in total. The fraction of sp³-hybridized carbons (Fsp3) is 0.444. The lowest BCUT2D eigenvalue weighted by Gasteiger charge is -2.35. The van der Waals surface area contributed by atoms with E-state index in [0.717, 1.165) is 37.9 Å². The molecule has 6 heteroatoms. The summed E-state index contributed by atoms with van der Waals surface area (Å²) < 4.78 is 0. The van der Waals surface area contributed by atoms with Crippen LogP contribution in [0.15, 0.2) is 46.9 Å². The van der Waals surface area contributed by atoms with Crippen LogP contribution in [-0.4, -0.2) is 48.6 Å². The average Bonchev–Trinajstić information content (AvgIpc) is 3.24. The van der Waals surface area contributed by atoms with Gasteiger partial charge in [0, 0.05) is 43.2 Å². The molecular formula is C18H23N5S. The Morgan fingerprint density at radius 2 is 1.92 bits per heavy atom. The number of benzene rings is 1. The highest BCUT2D eigenvalue weighted by molar-refractivity contribution is 7.13. The summed E-state index contributed by atoms with van der Waals surface area (Å²) in [7, 11) is 0. The summed E-state index contributed by atoms with van der Waals surface area (Å²) >= 11 is 1.69. The van der Waals surface area contributed by atoms with Crippen LogP contribution in [0.1, 0.15) is 18.4 Å². The van der Waals surface area contributed by atoms with Gasteiger partial charge in [-0.05, 0) is 18.4 Å². The van der Waals surface area contributed by atoms with Crippen molar-refractivity contribution in [1.29, 1.82) is 0 Å². The first-order valence-corrected chi connectivity index (χ1v) is 9.40. The van der Waals surface area contributed by atoms with Gasteiger partial charge in [-0.2, -0.15) is 0 Å². The Bertz CT molecular complexity index is 685. The fourth-order valence-corrected chi connectivity index (χ4v) is 4.01. The van der Waals surface area contributed by atoms with Gasteiger partial charge in [-0.3, -0.25) is 4.99 Å². The second kappa shape index (κ2) is 6.43. The van der Waals surface area contributed by atoms with Crippen molar-refractivity contribution in [2.75, 3.05) is 37.6 Å². The van der Waals surface area contributed by atoms with E-state index in [1.165, 1.54) is 18.4 Å². The smallest absolute Gasteiger partial charge is 0.191 e. The van der Waals surface area contributed by atoms with Crippen LogP contribution < -0.4 is 10.6 Å². The molecule has 1 aliphatic carbocycles. The first kappa shape index (κ1) is 15.4. The van der Waals surface area contributed by atoms with Crippen molar-refractivity contribution < 1.29 is 0 Å². The molecule has 2 fully saturated rings. The van der Waals surface area contributed by atoms with E-state index in [1.807, 2.05) is 11.6 Å². The largest absolute Gasteiger partial charge is 0.370 e. The Kier molecular flexibility index (Phi) is 4.14. The van der Waals surface area contributed by atoms with Crippen LogP contribution in [0, 0.1) is 0 Å². The molecule has 0 amide bonds. The summed E-state index contributed by atoms with van der Waals surface area (Å²) in [5.41, 5.74) is 7.90. The molecule has 24 heavy (non-hydrogen) atoms. The van der Waals surface area contributed by atoms with Gasteiger partial charge in [0.25, 0.3) is 0 Å². The number of hydrogen-bond donors (Lipinski definition) is 1. The van der Waals surface area contributed by atoms with Gasteiger partial charge >= 0.3 is 0 Å². The van der Waals surface area contributed by atoms with Gasteiger partial charge in [0.1, 0.15) is 0 Å². The van der Waals surface area contributed by atoms with E-state index in [9.17, 15) is 0 Å². The number of nitrogens with zero attached hydrogens (tertiary/aromatic N) is 4. The quantitative estimate of drug-likeness (QED) is 0.685. The SMILES string of the molecule is NC(=NCC1(c2ccccc2)CC1)N1CCN(c2nccs2)CC1. The number of aliphatic imine (C=N–C) groups is 1. The van der Waals surface area contributed by atoms with Crippen LogP contribution in [0.25, 0.3) is 0 Å². The zero-order valence-electron chi connectivity index (χ0n) is 13.8. The number of anilines is 1. The number of aromatic nitrogens is 1. The second-order valence-corrected chi connectivity index (χ2v) is 7.48. The van der Waals surface area contributed by atoms with Crippen LogP contribution in [0.5, 0.6) is 0 Å². The number of thiazole rings is 1. The monoisotopic (exact) mass is 341 g/mol. The van der Waals surface area contributed by atoms with Gasteiger partial charge < -0.3 is 15.5 Å². The third-order valence-electron chi connectivity index (χ3n) is 5.08. The van der Waals surface area contributed by atoms with Gasteiger partial charge in [0.15, 0.2) is 11.1 Å². The van der Waals surface area contributed by atoms with E-state index in [2.05, 4.69) is 45.1 Å². The maximum Gasteiger partial charge on any atom is 0.191 e. The summed E-state index contributed by atoms with van der Waals surface area (Å²) in [4.78, 5) is 13.6. The van der Waals surface area contributed by atoms with E-state index >= 15 is 0 Å². The molecule has 0 spiro atoms. The minimum Gasteiger partial charge on any atom is -0.370 e. The second-order valence-electron chi connectivity index (χ2n) is 6.61. The van der Waals surface area contributed by atoms with Crippen molar-refractivity contribution in [1.82, 2.24) is 9.88 Å². The molecular weight excluding hydrogens is 318 g/mol. The lowest BCUT2D eigenvalue weighted by Crippen LogP contribution is -2.51. The maximum atomic E-state index is 6.27. The average molecular weight is 341 g/mol. The normalized spacial score (nSPS) is 20.2. The number of piperazine rings is 1. The summed E-state index contributed by atoms with van der Waals surface area (Å²) in [6.45, 7) is 4.52. The summed E-state index contributed by atoms with van der Waals surface area (Å²) in [5.74, 6) is 0.691. The van der Waals surface area contributed by atoms with Gasteiger partial charge in [0.2, 0.25) is 0 Å². The Balaban J connectivity index is 1.35. The molecule has 1 aliphatic heterocycles. The van der Waals surface area contributed by atoms with Crippen LogP contribution >= 0.6 is 11.3 Å². The molecule has 2 aliphatic rings. The van der Waals surface area contributed by atoms with Crippen LogP contribution in [-0.2, 0) is 5.41 Å². The van der Waals surface area contributed by atoms with Crippen molar-refractivity contribution in [2.24, 2.45) is 10.7 Å². The van der Waals surface area contributed by atoms with E-state index in [1.54, 1.807) is 11.3 Å². The molecule has 0 bridgehead atoms. The molecule has 126 valence electrons. The number of rotatable bonds is 4. The molecule has 4 rings (SSSR count). The molecule has 0 atom stereocenters. The fourth-order valence-electron chi connectivity index (χ4n) is 3.31. The summed E-state index contributed by atoms with van der Waals surface area (Å²) in [5, 5.41) is 3.13. The minimum absolute atomic E-state index is 0.231. The first-order chi connectivity index (χ1) is 11.8. The molecule has 1 saturated heterocycles. The van der Waals surface area contributed by atoms with E-state index < -0.39 is 0 Å². The number of nitrogens with two attached hydrogens (primary N) is 1. The third-order valence-corrected chi connectivity index (χ3v) is 5.91. The standard InChI is InChI=1S/C18H23N5S/c19-16(21-14-18(6-7-18)15-4-2-1-3-5-15)22-9-11-23(12-10-22)17-20-8-13-24-17/h1-5,8,13H,6-7,9-12,14H2,(H2,19,21).